The minimum absolute atomic E-state index is 0.411. The van der Waals surface area contributed by atoms with Crippen molar-refractivity contribution in [2.24, 2.45) is 5.73 Å². The van der Waals surface area contributed by atoms with Crippen LogP contribution >= 0.6 is 11.6 Å². The molecule has 13 heavy (non-hydrogen) atoms. The van der Waals surface area contributed by atoms with Crippen LogP contribution in [0.25, 0.3) is 0 Å². The summed E-state index contributed by atoms with van der Waals surface area (Å²) in [5.41, 5.74) is 6.31. The second-order valence-electron chi connectivity index (χ2n) is 2.30. The lowest BCUT2D eigenvalue weighted by atomic mass is 10.1. The van der Waals surface area contributed by atoms with Crippen molar-refractivity contribution in [1.29, 1.82) is 0 Å². The number of halogens is 1. The van der Waals surface area contributed by atoms with Gasteiger partial charge in [0.15, 0.2) is 0 Å². The van der Waals surface area contributed by atoms with Crippen LogP contribution in [0.5, 0.6) is 0 Å². The zero-order chi connectivity index (χ0) is 10.4. The molecule has 0 heterocycles. The van der Waals surface area contributed by atoms with Crippen LogP contribution in [0.15, 0.2) is 18.2 Å². The normalized spacial score (nSPS) is 8.62. The summed E-state index contributed by atoms with van der Waals surface area (Å²) in [5, 5.41) is 0.414. The second-order valence-corrected chi connectivity index (χ2v) is 2.70. The Labute approximate surface area is 83.7 Å². The van der Waals surface area contributed by atoms with E-state index in [0.29, 0.717) is 10.6 Å². The summed E-state index contributed by atoms with van der Waals surface area (Å²) in [5.74, 6) is -0.479. The molecule has 0 fully saturated rings. The van der Waals surface area contributed by atoms with E-state index in [0.717, 1.165) is 5.56 Å². The quantitative estimate of drug-likeness (QED) is 0.743. The van der Waals surface area contributed by atoms with Crippen LogP contribution in [0.2, 0.25) is 5.02 Å². The molecule has 0 saturated carbocycles. The predicted octanol–water partition coefficient (Wildman–Crippen LogP) is 2.77. The molecule has 1 aromatic carbocycles. The van der Waals surface area contributed by atoms with Gasteiger partial charge in [-0.05, 0) is 18.6 Å². The maximum absolute atomic E-state index is 10.8. The van der Waals surface area contributed by atoms with Crippen LogP contribution < -0.4 is 5.73 Å². The van der Waals surface area contributed by atoms with Crippen LogP contribution in [0.3, 0.4) is 0 Å². The van der Waals surface area contributed by atoms with E-state index in [-0.39, 0.29) is 0 Å². The summed E-state index contributed by atoms with van der Waals surface area (Å²) in [6.07, 6.45) is 0. The van der Waals surface area contributed by atoms with E-state index in [9.17, 15) is 4.79 Å². The Hall–Kier alpha value is -1.02. The molecule has 0 unspecified atom stereocenters. The first-order valence-electron chi connectivity index (χ1n) is 4.18. The van der Waals surface area contributed by atoms with E-state index in [2.05, 4.69) is 0 Å². The molecule has 0 aliphatic rings. The summed E-state index contributed by atoms with van der Waals surface area (Å²) >= 11 is 5.72. The Bertz CT molecular complexity index is 277. The van der Waals surface area contributed by atoms with Crippen molar-refractivity contribution >= 4 is 17.5 Å². The molecule has 3 heteroatoms. The molecule has 2 N–H and O–H groups in total. The minimum atomic E-state index is -0.479. The molecule has 0 aromatic heterocycles. The maximum Gasteiger partial charge on any atom is 0.250 e. The van der Waals surface area contributed by atoms with Gasteiger partial charge < -0.3 is 5.73 Å². The third kappa shape index (κ3) is 3.07. The van der Waals surface area contributed by atoms with Crippen molar-refractivity contribution < 1.29 is 4.79 Å². The van der Waals surface area contributed by atoms with Gasteiger partial charge in [0.1, 0.15) is 0 Å². The SMILES string of the molecule is CC.Cc1cccc(Cl)c1C(N)=O. The molecule has 0 radical (unpaired) electrons. The Morgan fingerprint density at radius 1 is 1.38 bits per heavy atom. The predicted molar refractivity (Wildman–Crippen MR) is 56.1 cm³/mol. The number of carbonyl (C=O) groups excluding carboxylic acids is 1. The van der Waals surface area contributed by atoms with Crippen molar-refractivity contribution in [3.05, 3.63) is 34.3 Å². The van der Waals surface area contributed by atoms with Crippen LogP contribution in [0.1, 0.15) is 29.8 Å². The molecule has 0 bridgehead atoms. The lowest BCUT2D eigenvalue weighted by molar-refractivity contribution is 0.1000. The van der Waals surface area contributed by atoms with Gasteiger partial charge in [0.25, 0.3) is 0 Å². The fourth-order valence-corrected chi connectivity index (χ4v) is 1.26. The summed E-state index contributed by atoms with van der Waals surface area (Å²) < 4.78 is 0. The number of rotatable bonds is 1. The number of primary amides is 1. The fraction of sp³-hybridized carbons (Fsp3) is 0.300. The van der Waals surface area contributed by atoms with Gasteiger partial charge in [0, 0.05) is 0 Å². The van der Waals surface area contributed by atoms with E-state index in [1.807, 2.05) is 13.8 Å². The van der Waals surface area contributed by atoms with E-state index in [4.69, 9.17) is 17.3 Å². The molecule has 2 nitrogen and oxygen atoms in total. The van der Waals surface area contributed by atoms with Gasteiger partial charge in [-0.3, -0.25) is 4.79 Å². The van der Waals surface area contributed by atoms with E-state index in [1.165, 1.54) is 0 Å². The van der Waals surface area contributed by atoms with Gasteiger partial charge in [0.05, 0.1) is 10.6 Å². The fourth-order valence-electron chi connectivity index (χ4n) is 0.944. The summed E-state index contributed by atoms with van der Waals surface area (Å²) in [7, 11) is 0. The zero-order valence-corrected chi connectivity index (χ0v) is 8.85. The molecule has 0 atom stereocenters. The van der Waals surface area contributed by atoms with Crippen LogP contribution in [0.4, 0.5) is 0 Å². The standard InChI is InChI=1S/C8H8ClNO.C2H6/c1-5-3-2-4-6(9)7(5)8(10)11;1-2/h2-4H,1H3,(H2,10,11);1-2H3. The Morgan fingerprint density at radius 3 is 2.23 bits per heavy atom. The number of nitrogens with two attached hydrogens (primary N) is 1. The Balaban J connectivity index is 0.000000671. The lowest BCUT2D eigenvalue weighted by Crippen LogP contribution is -2.13. The van der Waals surface area contributed by atoms with E-state index >= 15 is 0 Å². The van der Waals surface area contributed by atoms with Gasteiger partial charge in [0.2, 0.25) is 5.91 Å². The van der Waals surface area contributed by atoms with Crippen molar-refractivity contribution in [2.75, 3.05) is 0 Å². The maximum atomic E-state index is 10.8. The molecule has 1 aromatic rings. The van der Waals surface area contributed by atoms with Gasteiger partial charge in [-0.15, -0.1) is 0 Å². The first-order valence-corrected chi connectivity index (χ1v) is 4.55. The number of amides is 1. The third-order valence-electron chi connectivity index (χ3n) is 1.47. The Kier molecular flexibility index (Phi) is 5.16. The van der Waals surface area contributed by atoms with Crippen molar-refractivity contribution in [3.63, 3.8) is 0 Å². The van der Waals surface area contributed by atoms with E-state index < -0.39 is 5.91 Å². The number of carbonyl (C=O) groups is 1. The molecule has 0 aliphatic carbocycles. The van der Waals surface area contributed by atoms with Gasteiger partial charge >= 0.3 is 0 Å². The monoisotopic (exact) mass is 199 g/mol. The average Bonchev–Trinajstić information content (AvgIpc) is 2.07. The van der Waals surface area contributed by atoms with Gasteiger partial charge in [-0.2, -0.15) is 0 Å². The minimum Gasteiger partial charge on any atom is -0.366 e. The summed E-state index contributed by atoms with van der Waals surface area (Å²) in [4.78, 5) is 10.8. The number of benzene rings is 1. The third-order valence-corrected chi connectivity index (χ3v) is 1.78. The molecular weight excluding hydrogens is 186 g/mol. The highest BCUT2D eigenvalue weighted by Crippen LogP contribution is 2.18. The topological polar surface area (TPSA) is 43.1 Å². The van der Waals surface area contributed by atoms with Gasteiger partial charge in [-0.25, -0.2) is 0 Å². The highest BCUT2D eigenvalue weighted by Gasteiger charge is 2.07. The average molecular weight is 200 g/mol. The first kappa shape index (κ1) is 12.0. The van der Waals surface area contributed by atoms with Crippen LogP contribution in [-0.2, 0) is 0 Å². The van der Waals surface area contributed by atoms with Crippen LogP contribution in [-0.4, -0.2) is 5.91 Å². The number of aryl methyl sites for hydroxylation is 1. The molecule has 0 aliphatic heterocycles. The molecule has 1 rings (SSSR count). The largest absolute Gasteiger partial charge is 0.366 e. The first-order chi connectivity index (χ1) is 6.13. The molecule has 0 spiro atoms. The molecule has 72 valence electrons. The smallest absolute Gasteiger partial charge is 0.250 e. The van der Waals surface area contributed by atoms with Crippen molar-refractivity contribution in [3.8, 4) is 0 Å². The molecule has 0 saturated heterocycles. The molecule has 1 amide bonds. The zero-order valence-electron chi connectivity index (χ0n) is 8.10. The Morgan fingerprint density at radius 2 is 1.92 bits per heavy atom. The number of hydrogen-bond donors (Lipinski definition) is 1. The number of hydrogen-bond acceptors (Lipinski definition) is 1. The van der Waals surface area contributed by atoms with Crippen LogP contribution in [0, 0.1) is 6.92 Å². The highest BCUT2D eigenvalue weighted by atomic mass is 35.5. The summed E-state index contributed by atoms with van der Waals surface area (Å²) in [6.45, 7) is 5.80. The molecular formula is C10H14ClNO. The van der Waals surface area contributed by atoms with Gasteiger partial charge in [-0.1, -0.05) is 37.6 Å². The lowest BCUT2D eigenvalue weighted by Gasteiger charge is -2.01. The van der Waals surface area contributed by atoms with Crippen molar-refractivity contribution in [2.45, 2.75) is 20.8 Å². The summed E-state index contributed by atoms with van der Waals surface area (Å²) in [6, 6.07) is 5.23. The van der Waals surface area contributed by atoms with E-state index in [1.54, 1.807) is 25.1 Å². The second kappa shape index (κ2) is 5.60. The van der Waals surface area contributed by atoms with Crippen molar-refractivity contribution in [1.82, 2.24) is 0 Å². The highest BCUT2D eigenvalue weighted by molar-refractivity contribution is 6.34.